The lowest BCUT2D eigenvalue weighted by Crippen LogP contribution is -2.48. The van der Waals surface area contributed by atoms with Crippen LogP contribution in [0.2, 0.25) is 0 Å². The van der Waals surface area contributed by atoms with E-state index in [1.165, 1.54) is 12.1 Å². The van der Waals surface area contributed by atoms with Gasteiger partial charge in [-0.15, -0.1) is 0 Å². The summed E-state index contributed by atoms with van der Waals surface area (Å²) in [5.74, 6) is -0.268. The average molecular weight is 421 g/mol. The van der Waals surface area contributed by atoms with Gasteiger partial charge in [-0.2, -0.15) is 0 Å². The van der Waals surface area contributed by atoms with Crippen LogP contribution in [0.1, 0.15) is 26.2 Å². The summed E-state index contributed by atoms with van der Waals surface area (Å²) in [5, 5.41) is 0. The fourth-order valence-corrected chi connectivity index (χ4v) is 6.73. The van der Waals surface area contributed by atoms with E-state index in [4.69, 9.17) is 4.74 Å². The van der Waals surface area contributed by atoms with E-state index in [1.807, 2.05) is 0 Å². The topological polar surface area (TPSA) is 92.8 Å². The number of piperidine rings is 1. The fraction of sp³-hybridized carbons (Fsp3) is 0.647. The maximum atomic E-state index is 14.0. The zero-order chi connectivity index (χ0) is 19.7. The normalized spacial score (nSPS) is 24.1. The zero-order valence-corrected chi connectivity index (χ0v) is 16.9. The lowest BCUT2D eigenvalue weighted by molar-refractivity contribution is 0.161. The van der Waals surface area contributed by atoms with E-state index in [1.54, 1.807) is 6.92 Å². The van der Waals surface area contributed by atoms with Crippen LogP contribution in [0.4, 0.5) is 4.39 Å². The first-order valence-corrected chi connectivity index (χ1v) is 12.4. The Labute approximate surface area is 159 Å². The molecule has 1 atom stereocenters. The summed E-state index contributed by atoms with van der Waals surface area (Å²) >= 11 is 0. The third-order valence-corrected chi connectivity index (χ3v) is 8.36. The number of rotatable bonds is 6. The summed E-state index contributed by atoms with van der Waals surface area (Å²) in [7, 11) is -6.76. The summed E-state index contributed by atoms with van der Waals surface area (Å²) < 4.78 is 70.0. The fourth-order valence-electron chi connectivity index (χ4n) is 3.65. The standard InChI is InChI=1S/C17H25FN2O5S2/c1-2-25-17-4-3-15(11-16(17)18)27(23,24)19-13-5-8-20(9-6-13)14-7-10-26(21,22)12-14/h3-4,11,13-14,19H,2,5-10,12H2,1H3. The molecule has 0 bridgehead atoms. The van der Waals surface area contributed by atoms with Gasteiger partial charge in [0.25, 0.3) is 0 Å². The highest BCUT2D eigenvalue weighted by atomic mass is 32.2. The zero-order valence-electron chi connectivity index (χ0n) is 15.2. The van der Waals surface area contributed by atoms with Crippen LogP contribution >= 0.6 is 0 Å². The van der Waals surface area contributed by atoms with Crippen LogP contribution in [0.5, 0.6) is 5.75 Å². The van der Waals surface area contributed by atoms with Crippen molar-refractivity contribution in [3.8, 4) is 5.75 Å². The molecule has 0 saturated carbocycles. The van der Waals surface area contributed by atoms with Crippen LogP contribution in [-0.2, 0) is 19.9 Å². The smallest absolute Gasteiger partial charge is 0.240 e. The van der Waals surface area contributed by atoms with Gasteiger partial charge in [0.1, 0.15) is 0 Å². The predicted molar refractivity (Wildman–Crippen MR) is 99.5 cm³/mol. The Balaban J connectivity index is 1.58. The molecule has 10 heteroatoms. The van der Waals surface area contributed by atoms with E-state index in [0.29, 0.717) is 39.0 Å². The number of nitrogens with one attached hydrogen (secondary N) is 1. The van der Waals surface area contributed by atoms with E-state index in [0.717, 1.165) is 6.07 Å². The highest BCUT2D eigenvalue weighted by Gasteiger charge is 2.34. The monoisotopic (exact) mass is 420 g/mol. The minimum atomic E-state index is -3.83. The molecule has 0 amide bonds. The number of sulfone groups is 1. The lowest BCUT2D eigenvalue weighted by Gasteiger charge is -2.35. The summed E-state index contributed by atoms with van der Waals surface area (Å²) in [6.45, 7) is 3.30. The molecule has 1 aromatic carbocycles. The molecule has 7 nitrogen and oxygen atoms in total. The van der Waals surface area contributed by atoms with Crippen molar-refractivity contribution in [3.05, 3.63) is 24.0 Å². The number of halogens is 1. The molecule has 27 heavy (non-hydrogen) atoms. The van der Waals surface area contributed by atoms with Crippen LogP contribution in [0.25, 0.3) is 0 Å². The third-order valence-electron chi connectivity index (χ3n) is 5.09. The molecule has 2 saturated heterocycles. The highest BCUT2D eigenvalue weighted by molar-refractivity contribution is 7.91. The van der Waals surface area contributed by atoms with Crippen molar-refractivity contribution in [1.82, 2.24) is 9.62 Å². The first kappa shape index (κ1) is 20.5. The van der Waals surface area contributed by atoms with Crippen molar-refractivity contribution >= 4 is 19.9 Å². The molecule has 1 N–H and O–H groups in total. The van der Waals surface area contributed by atoms with Crippen molar-refractivity contribution in [2.45, 2.75) is 43.2 Å². The van der Waals surface area contributed by atoms with Gasteiger partial charge >= 0.3 is 0 Å². The Morgan fingerprint density at radius 2 is 1.96 bits per heavy atom. The molecule has 1 aromatic rings. The van der Waals surface area contributed by atoms with Crippen molar-refractivity contribution in [1.29, 1.82) is 0 Å². The Morgan fingerprint density at radius 3 is 2.52 bits per heavy atom. The van der Waals surface area contributed by atoms with Crippen molar-refractivity contribution in [3.63, 3.8) is 0 Å². The average Bonchev–Trinajstić information content (AvgIpc) is 2.97. The van der Waals surface area contributed by atoms with Crippen molar-refractivity contribution in [2.24, 2.45) is 0 Å². The van der Waals surface area contributed by atoms with Gasteiger partial charge in [-0.3, -0.25) is 4.90 Å². The highest BCUT2D eigenvalue weighted by Crippen LogP contribution is 2.24. The van der Waals surface area contributed by atoms with E-state index < -0.39 is 25.7 Å². The molecule has 0 aromatic heterocycles. The first-order valence-electron chi connectivity index (χ1n) is 9.09. The number of hydrogen-bond acceptors (Lipinski definition) is 6. The number of likely N-dealkylation sites (tertiary alicyclic amines) is 1. The van der Waals surface area contributed by atoms with Crippen LogP contribution < -0.4 is 9.46 Å². The van der Waals surface area contributed by atoms with Gasteiger partial charge < -0.3 is 4.74 Å². The molecular formula is C17H25FN2O5S2. The Bertz CT molecular complexity index is 881. The number of nitrogens with zero attached hydrogens (tertiary/aromatic N) is 1. The minimum Gasteiger partial charge on any atom is -0.491 e. The molecule has 1 unspecified atom stereocenters. The van der Waals surface area contributed by atoms with Crippen LogP contribution in [0.3, 0.4) is 0 Å². The van der Waals surface area contributed by atoms with E-state index in [9.17, 15) is 21.2 Å². The summed E-state index contributed by atoms with van der Waals surface area (Å²) in [6.07, 6.45) is 1.83. The van der Waals surface area contributed by atoms with Gasteiger partial charge in [0.15, 0.2) is 21.4 Å². The van der Waals surface area contributed by atoms with E-state index in [2.05, 4.69) is 9.62 Å². The maximum Gasteiger partial charge on any atom is 0.240 e. The second-order valence-electron chi connectivity index (χ2n) is 7.01. The molecule has 2 aliphatic heterocycles. The Hall–Kier alpha value is -1.23. The number of hydrogen-bond donors (Lipinski definition) is 1. The van der Waals surface area contributed by atoms with Crippen LogP contribution in [0.15, 0.2) is 23.1 Å². The lowest BCUT2D eigenvalue weighted by atomic mass is 10.0. The van der Waals surface area contributed by atoms with Crippen LogP contribution in [0, 0.1) is 5.82 Å². The molecule has 2 fully saturated rings. The Kier molecular flexibility index (Phi) is 6.09. The van der Waals surface area contributed by atoms with Gasteiger partial charge in [0, 0.05) is 12.1 Å². The number of sulfonamides is 1. The first-order chi connectivity index (χ1) is 12.7. The SMILES string of the molecule is CCOc1ccc(S(=O)(=O)NC2CCN(C3CCS(=O)(=O)C3)CC2)cc1F. The van der Waals surface area contributed by atoms with E-state index in [-0.39, 0.29) is 34.2 Å². The van der Waals surface area contributed by atoms with Gasteiger partial charge in [-0.25, -0.2) is 25.9 Å². The molecule has 0 radical (unpaired) electrons. The summed E-state index contributed by atoms with van der Waals surface area (Å²) in [6, 6.07) is 3.39. The molecule has 152 valence electrons. The van der Waals surface area contributed by atoms with Gasteiger partial charge in [0.2, 0.25) is 10.0 Å². The number of ether oxygens (including phenoxy) is 1. The molecular weight excluding hydrogens is 395 g/mol. The molecule has 2 aliphatic rings. The predicted octanol–water partition coefficient (Wildman–Crippen LogP) is 1.15. The molecule has 2 heterocycles. The minimum absolute atomic E-state index is 0.0243. The summed E-state index contributed by atoms with van der Waals surface area (Å²) in [4.78, 5) is 2.00. The molecule has 0 aliphatic carbocycles. The number of benzene rings is 1. The Morgan fingerprint density at radius 1 is 1.26 bits per heavy atom. The summed E-state index contributed by atoms with van der Waals surface area (Å²) in [5.41, 5.74) is 0. The van der Waals surface area contributed by atoms with Crippen molar-refractivity contribution in [2.75, 3.05) is 31.2 Å². The second-order valence-corrected chi connectivity index (χ2v) is 11.0. The van der Waals surface area contributed by atoms with Crippen LogP contribution in [-0.4, -0.2) is 65.0 Å². The van der Waals surface area contributed by atoms with Gasteiger partial charge in [-0.1, -0.05) is 0 Å². The largest absolute Gasteiger partial charge is 0.491 e. The maximum absolute atomic E-state index is 14.0. The van der Waals surface area contributed by atoms with Gasteiger partial charge in [-0.05, 0) is 57.5 Å². The quantitative estimate of drug-likeness (QED) is 0.742. The molecule has 3 rings (SSSR count). The second kappa shape index (κ2) is 8.02. The van der Waals surface area contributed by atoms with E-state index >= 15 is 0 Å². The van der Waals surface area contributed by atoms with Crippen molar-refractivity contribution < 1.29 is 26.0 Å². The third kappa shape index (κ3) is 4.98. The van der Waals surface area contributed by atoms with Gasteiger partial charge in [0.05, 0.1) is 23.0 Å². The molecule has 0 spiro atoms.